The maximum Gasteiger partial charge on any atom is 0.181 e. The van der Waals surface area contributed by atoms with Gasteiger partial charge in [-0.05, 0) is 0 Å². The Hall–Kier alpha value is -1.51. The minimum atomic E-state index is 0.0164. The van der Waals surface area contributed by atoms with Crippen molar-refractivity contribution in [2.24, 2.45) is 5.92 Å². The molecule has 0 aliphatic rings. The Morgan fingerprint density at radius 3 is 2.92 bits per heavy atom. The lowest BCUT2D eigenvalue weighted by Gasteiger charge is -1.99. The van der Waals surface area contributed by atoms with Gasteiger partial charge in [-0.2, -0.15) is 0 Å². The molecule has 2 rings (SSSR count). The highest BCUT2D eigenvalue weighted by Gasteiger charge is 2.13. The van der Waals surface area contributed by atoms with Gasteiger partial charge in [-0.1, -0.05) is 13.8 Å². The second-order valence-electron chi connectivity index (χ2n) is 3.40. The third-order valence-corrected chi connectivity index (χ3v) is 2.03. The molecule has 0 bridgehead atoms. The standard InChI is InChI=1S/C10H11NO2/c1-6(2)10(12)8-5-9-7(11-8)3-4-13-9/h3-6,11H,1-2H3. The van der Waals surface area contributed by atoms with Crippen LogP contribution in [0.2, 0.25) is 0 Å². The van der Waals surface area contributed by atoms with Crippen LogP contribution in [-0.4, -0.2) is 10.8 Å². The van der Waals surface area contributed by atoms with Crippen molar-refractivity contribution in [2.45, 2.75) is 13.8 Å². The van der Waals surface area contributed by atoms with Gasteiger partial charge in [-0.3, -0.25) is 4.79 Å². The predicted molar refractivity (Wildman–Crippen MR) is 49.7 cm³/mol. The quantitative estimate of drug-likeness (QED) is 0.716. The Bertz CT molecular complexity index is 408. The van der Waals surface area contributed by atoms with Crippen molar-refractivity contribution in [2.75, 3.05) is 0 Å². The first-order valence-electron chi connectivity index (χ1n) is 4.29. The van der Waals surface area contributed by atoms with E-state index in [4.69, 9.17) is 4.42 Å². The molecule has 0 saturated heterocycles. The minimum Gasteiger partial charge on any atom is -0.463 e. The molecule has 0 aliphatic carbocycles. The van der Waals surface area contributed by atoms with E-state index in [1.165, 1.54) is 0 Å². The molecule has 0 unspecified atom stereocenters. The maximum atomic E-state index is 11.5. The van der Waals surface area contributed by atoms with Gasteiger partial charge in [0.15, 0.2) is 11.4 Å². The molecule has 0 atom stereocenters. The normalized spacial score (nSPS) is 11.3. The molecule has 3 nitrogen and oxygen atoms in total. The molecule has 2 aromatic heterocycles. The molecule has 0 aromatic carbocycles. The lowest BCUT2D eigenvalue weighted by atomic mass is 10.1. The fourth-order valence-electron chi connectivity index (χ4n) is 1.29. The molecule has 0 radical (unpaired) electrons. The average Bonchev–Trinajstić information content (AvgIpc) is 2.59. The van der Waals surface area contributed by atoms with Crippen molar-refractivity contribution >= 4 is 16.9 Å². The number of ketones is 1. The molecule has 0 saturated carbocycles. The fourth-order valence-corrected chi connectivity index (χ4v) is 1.29. The van der Waals surface area contributed by atoms with Crippen molar-refractivity contribution in [1.82, 2.24) is 4.98 Å². The van der Waals surface area contributed by atoms with Gasteiger partial charge in [-0.15, -0.1) is 0 Å². The number of furan rings is 1. The third-order valence-electron chi connectivity index (χ3n) is 2.03. The number of carbonyl (C=O) groups is 1. The highest BCUT2D eigenvalue weighted by atomic mass is 16.3. The first-order chi connectivity index (χ1) is 6.18. The van der Waals surface area contributed by atoms with Crippen LogP contribution < -0.4 is 0 Å². The summed E-state index contributed by atoms with van der Waals surface area (Å²) in [6, 6.07) is 3.56. The zero-order valence-corrected chi connectivity index (χ0v) is 7.63. The zero-order valence-electron chi connectivity index (χ0n) is 7.63. The van der Waals surface area contributed by atoms with Crippen molar-refractivity contribution in [3.05, 3.63) is 24.1 Å². The fraction of sp³-hybridized carbons (Fsp3) is 0.300. The van der Waals surface area contributed by atoms with E-state index < -0.39 is 0 Å². The van der Waals surface area contributed by atoms with Crippen LogP contribution in [-0.2, 0) is 0 Å². The predicted octanol–water partition coefficient (Wildman–Crippen LogP) is 2.60. The molecular formula is C10H11NO2. The van der Waals surface area contributed by atoms with Crippen molar-refractivity contribution in [3.63, 3.8) is 0 Å². The van der Waals surface area contributed by atoms with E-state index in [0.29, 0.717) is 5.69 Å². The van der Waals surface area contributed by atoms with Crippen LogP contribution in [0.4, 0.5) is 0 Å². The van der Waals surface area contributed by atoms with Crippen LogP contribution in [0.5, 0.6) is 0 Å². The molecule has 1 N–H and O–H groups in total. The second-order valence-corrected chi connectivity index (χ2v) is 3.40. The number of hydrogen-bond donors (Lipinski definition) is 1. The summed E-state index contributed by atoms with van der Waals surface area (Å²) in [5, 5.41) is 0. The highest BCUT2D eigenvalue weighted by molar-refractivity contribution is 5.99. The topological polar surface area (TPSA) is 46.0 Å². The molecule has 0 amide bonds. The van der Waals surface area contributed by atoms with Gasteiger partial charge < -0.3 is 9.40 Å². The maximum absolute atomic E-state index is 11.5. The number of Topliss-reactive ketones (excluding diaryl/α,β-unsaturated/α-hetero) is 1. The van der Waals surface area contributed by atoms with Crippen molar-refractivity contribution in [1.29, 1.82) is 0 Å². The van der Waals surface area contributed by atoms with E-state index in [1.54, 1.807) is 12.3 Å². The Balaban J connectivity index is 2.45. The van der Waals surface area contributed by atoms with Gasteiger partial charge in [0.2, 0.25) is 0 Å². The highest BCUT2D eigenvalue weighted by Crippen LogP contribution is 2.18. The lowest BCUT2D eigenvalue weighted by molar-refractivity contribution is 0.0935. The van der Waals surface area contributed by atoms with E-state index in [-0.39, 0.29) is 11.7 Å². The van der Waals surface area contributed by atoms with E-state index in [1.807, 2.05) is 19.9 Å². The summed E-state index contributed by atoms with van der Waals surface area (Å²) in [4.78, 5) is 14.6. The first kappa shape index (κ1) is 8.10. The van der Waals surface area contributed by atoms with E-state index in [2.05, 4.69) is 4.98 Å². The number of carbonyl (C=O) groups excluding carboxylic acids is 1. The number of H-pyrrole nitrogens is 1. The summed E-state index contributed by atoms with van der Waals surface area (Å²) in [6.45, 7) is 3.76. The van der Waals surface area contributed by atoms with Crippen LogP contribution in [0.3, 0.4) is 0 Å². The summed E-state index contributed by atoms with van der Waals surface area (Å²) in [6.07, 6.45) is 1.60. The Labute approximate surface area is 75.7 Å². The monoisotopic (exact) mass is 177 g/mol. The smallest absolute Gasteiger partial charge is 0.181 e. The van der Waals surface area contributed by atoms with E-state index in [0.717, 1.165) is 11.1 Å². The van der Waals surface area contributed by atoms with Crippen LogP contribution in [0.25, 0.3) is 11.1 Å². The van der Waals surface area contributed by atoms with Crippen LogP contribution in [0.1, 0.15) is 24.3 Å². The summed E-state index contributed by atoms with van der Waals surface area (Å²) in [5.41, 5.74) is 2.25. The number of aromatic amines is 1. The van der Waals surface area contributed by atoms with Gasteiger partial charge in [0, 0.05) is 18.1 Å². The molecule has 0 spiro atoms. The van der Waals surface area contributed by atoms with E-state index >= 15 is 0 Å². The number of hydrogen-bond acceptors (Lipinski definition) is 2. The summed E-state index contributed by atoms with van der Waals surface area (Å²) >= 11 is 0. The van der Waals surface area contributed by atoms with Gasteiger partial charge in [-0.25, -0.2) is 0 Å². The van der Waals surface area contributed by atoms with Crippen molar-refractivity contribution in [3.8, 4) is 0 Å². The number of fused-ring (bicyclic) bond motifs is 1. The first-order valence-corrected chi connectivity index (χ1v) is 4.29. The summed E-state index contributed by atoms with van der Waals surface area (Å²) in [7, 11) is 0. The molecule has 3 heteroatoms. The van der Waals surface area contributed by atoms with Gasteiger partial charge in [0.1, 0.15) is 0 Å². The molecule has 68 valence electrons. The summed E-state index contributed by atoms with van der Waals surface area (Å²) < 4.78 is 5.14. The number of nitrogens with one attached hydrogen (secondary N) is 1. The molecule has 2 heterocycles. The molecule has 0 aliphatic heterocycles. The SMILES string of the molecule is CC(C)C(=O)c1cc2occc2[nH]1. The average molecular weight is 177 g/mol. The van der Waals surface area contributed by atoms with Gasteiger partial charge >= 0.3 is 0 Å². The molecule has 2 aromatic rings. The lowest BCUT2D eigenvalue weighted by Crippen LogP contribution is -2.07. The van der Waals surface area contributed by atoms with Gasteiger partial charge in [0.25, 0.3) is 0 Å². The Morgan fingerprint density at radius 1 is 1.54 bits per heavy atom. The minimum absolute atomic E-state index is 0.0164. The number of rotatable bonds is 2. The zero-order chi connectivity index (χ0) is 9.42. The summed E-state index contributed by atoms with van der Waals surface area (Å²) in [5.74, 6) is 0.133. The number of aromatic nitrogens is 1. The Morgan fingerprint density at radius 2 is 2.31 bits per heavy atom. The van der Waals surface area contributed by atoms with Crippen LogP contribution in [0.15, 0.2) is 22.8 Å². The van der Waals surface area contributed by atoms with Crippen molar-refractivity contribution < 1.29 is 9.21 Å². The third kappa shape index (κ3) is 1.26. The van der Waals surface area contributed by atoms with E-state index in [9.17, 15) is 4.79 Å². The Kier molecular flexibility index (Phi) is 1.72. The second kappa shape index (κ2) is 2.76. The molecular weight excluding hydrogens is 166 g/mol. The van der Waals surface area contributed by atoms with Gasteiger partial charge in [0.05, 0.1) is 17.5 Å². The molecule has 13 heavy (non-hydrogen) atoms. The molecule has 0 fully saturated rings. The largest absolute Gasteiger partial charge is 0.463 e. The van der Waals surface area contributed by atoms with Crippen LogP contribution >= 0.6 is 0 Å². The van der Waals surface area contributed by atoms with Crippen LogP contribution in [0, 0.1) is 5.92 Å².